The van der Waals surface area contributed by atoms with Crippen molar-refractivity contribution in [3.8, 4) is 11.3 Å². The third-order valence-corrected chi connectivity index (χ3v) is 4.53. The Bertz CT molecular complexity index is 1170. The highest BCUT2D eigenvalue weighted by molar-refractivity contribution is 6.30. The van der Waals surface area contributed by atoms with E-state index in [1.165, 1.54) is 13.0 Å². The molecule has 8 heteroatoms. The highest BCUT2D eigenvalue weighted by atomic mass is 35.5. The number of nitrogens with one attached hydrogen (secondary N) is 1. The zero-order valence-electron chi connectivity index (χ0n) is 15.9. The second-order valence-electron chi connectivity index (χ2n) is 6.37. The van der Waals surface area contributed by atoms with E-state index in [4.69, 9.17) is 17.3 Å². The summed E-state index contributed by atoms with van der Waals surface area (Å²) in [7, 11) is 0. The van der Waals surface area contributed by atoms with Gasteiger partial charge in [-0.1, -0.05) is 36.7 Å². The number of halogens is 1. The molecular formula is C21H19ClN4O3. The first-order chi connectivity index (χ1) is 13.8. The number of ketones is 1. The van der Waals surface area contributed by atoms with Crippen molar-refractivity contribution in [3.05, 3.63) is 80.9 Å². The minimum Gasteiger partial charge on any atom is -0.366 e. The number of aromatic nitrogens is 2. The molecular weight excluding hydrogens is 392 g/mol. The molecule has 1 amide bonds. The van der Waals surface area contributed by atoms with E-state index in [9.17, 15) is 14.4 Å². The summed E-state index contributed by atoms with van der Waals surface area (Å²) in [6, 6.07) is 13.2. The van der Waals surface area contributed by atoms with Crippen LogP contribution in [0, 0.1) is 0 Å². The first kappa shape index (κ1) is 20.3. The smallest absolute Gasteiger partial charge is 0.291 e. The summed E-state index contributed by atoms with van der Waals surface area (Å²) >= 11 is 6.11. The summed E-state index contributed by atoms with van der Waals surface area (Å²) < 4.78 is 1.16. The predicted molar refractivity (Wildman–Crippen MR) is 112 cm³/mol. The maximum Gasteiger partial charge on any atom is 0.291 e. The quantitative estimate of drug-likeness (QED) is 0.606. The first-order valence-electron chi connectivity index (χ1n) is 8.91. The van der Waals surface area contributed by atoms with Crippen molar-refractivity contribution in [1.29, 1.82) is 0 Å². The van der Waals surface area contributed by atoms with Gasteiger partial charge in [0.2, 0.25) is 5.91 Å². The molecule has 7 nitrogen and oxygen atoms in total. The minimum absolute atomic E-state index is 0.0824. The molecule has 0 aliphatic carbocycles. The fraction of sp³-hybridized carbons (Fsp3) is 0.143. The van der Waals surface area contributed by atoms with Crippen LogP contribution in [0.4, 0.5) is 5.69 Å². The molecule has 29 heavy (non-hydrogen) atoms. The van der Waals surface area contributed by atoms with E-state index >= 15 is 0 Å². The molecule has 0 spiro atoms. The van der Waals surface area contributed by atoms with Crippen molar-refractivity contribution in [2.45, 2.75) is 20.3 Å². The Labute approximate surface area is 172 Å². The van der Waals surface area contributed by atoms with Crippen LogP contribution in [0.3, 0.4) is 0 Å². The number of hydrogen-bond acceptors (Lipinski definition) is 5. The molecule has 1 aromatic heterocycles. The molecule has 3 N–H and O–H groups in total. The molecule has 0 radical (unpaired) electrons. The summed E-state index contributed by atoms with van der Waals surface area (Å²) in [5.74, 6) is -0.956. The molecule has 148 valence electrons. The molecule has 1 heterocycles. The number of nitrogens with zero attached hydrogens (tertiary/aromatic N) is 2. The highest BCUT2D eigenvalue weighted by Crippen LogP contribution is 2.25. The van der Waals surface area contributed by atoms with Gasteiger partial charge in [0.15, 0.2) is 5.78 Å². The lowest BCUT2D eigenvalue weighted by molar-refractivity contribution is 0.0993. The van der Waals surface area contributed by atoms with Crippen LogP contribution in [0.1, 0.15) is 40.4 Å². The van der Waals surface area contributed by atoms with Crippen LogP contribution in [0.5, 0.6) is 0 Å². The predicted octanol–water partition coefficient (Wildman–Crippen LogP) is 3.30. The Balaban J connectivity index is 2.26. The van der Waals surface area contributed by atoms with Gasteiger partial charge in [0, 0.05) is 23.1 Å². The zero-order chi connectivity index (χ0) is 21.1. The number of nitrogens with two attached hydrogens (primary N) is 1. The SMILES string of the molecule is CCc1nc(-c2cccc(Cl)c2)c(C(C)=O)n(Nc2cccc(C(N)=O)c2)c1=O. The van der Waals surface area contributed by atoms with Gasteiger partial charge in [-0.2, -0.15) is 0 Å². The lowest BCUT2D eigenvalue weighted by Crippen LogP contribution is -2.35. The number of anilines is 1. The van der Waals surface area contributed by atoms with E-state index in [2.05, 4.69) is 10.4 Å². The third-order valence-electron chi connectivity index (χ3n) is 4.30. The van der Waals surface area contributed by atoms with Gasteiger partial charge in [0.1, 0.15) is 17.1 Å². The number of benzene rings is 2. The first-order valence-corrected chi connectivity index (χ1v) is 9.29. The summed E-state index contributed by atoms with van der Waals surface area (Å²) in [5.41, 5.74) is 9.81. The van der Waals surface area contributed by atoms with E-state index in [1.54, 1.807) is 49.4 Å². The standard InChI is InChI=1S/C21H19ClN4O3/c1-3-17-21(29)26(25-16-9-5-7-14(11-16)20(23)28)19(12(2)27)18(24-17)13-6-4-8-15(22)10-13/h4-11,25H,3H2,1-2H3,(H2,23,28). The number of amides is 1. The summed E-state index contributed by atoms with van der Waals surface area (Å²) in [6.07, 6.45) is 0.369. The Kier molecular flexibility index (Phi) is 5.79. The maximum absolute atomic E-state index is 13.0. The van der Waals surface area contributed by atoms with Gasteiger partial charge in [-0.25, -0.2) is 9.66 Å². The van der Waals surface area contributed by atoms with Crippen LogP contribution in [0.2, 0.25) is 5.02 Å². The van der Waals surface area contributed by atoms with Gasteiger partial charge >= 0.3 is 0 Å². The van der Waals surface area contributed by atoms with Gasteiger partial charge in [0.05, 0.1) is 5.69 Å². The number of aryl methyl sites for hydroxylation is 1. The van der Waals surface area contributed by atoms with Crippen molar-refractivity contribution >= 4 is 29.0 Å². The Morgan fingerprint density at radius 1 is 1.17 bits per heavy atom. The fourth-order valence-corrected chi connectivity index (χ4v) is 3.13. The number of rotatable bonds is 6. The van der Waals surface area contributed by atoms with Gasteiger partial charge in [0.25, 0.3) is 5.56 Å². The molecule has 2 aromatic carbocycles. The van der Waals surface area contributed by atoms with Gasteiger partial charge in [-0.15, -0.1) is 0 Å². The van der Waals surface area contributed by atoms with Crippen molar-refractivity contribution in [3.63, 3.8) is 0 Å². The number of primary amides is 1. The van der Waals surface area contributed by atoms with E-state index in [1.807, 2.05) is 0 Å². The zero-order valence-corrected chi connectivity index (χ0v) is 16.7. The topological polar surface area (TPSA) is 107 Å². The average Bonchev–Trinajstić information content (AvgIpc) is 2.69. The summed E-state index contributed by atoms with van der Waals surface area (Å²) in [5, 5.41) is 0.483. The molecule has 0 fully saturated rings. The van der Waals surface area contributed by atoms with E-state index < -0.39 is 11.5 Å². The molecule has 0 aliphatic rings. The van der Waals surface area contributed by atoms with Crippen LogP contribution in [0.25, 0.3) is 11.3 Å². The van der Waals surface area contributed by atoms with Crippen molar-refractivity contribution in [2.24, 2.45) is 5.73 Å². The number of carbonyl (C=O) groups is 2. The molecule has 0 unspecified atom stereocenters. The van der Waals surface area contributed by atoms with Gasteiger partial charge in [-0.05, 0) is 36.8 Å². The van der Waals surface area contributed by atoms with Gasteiger partial charge < -0.3 is 5.73 Å². The molecule has 0 atom stereocenters. The Hall–Kier alpha value is -3.45. The molecule has 0 saturated heterocycles. The minimum atomic E-state index is -0.601. The Morgan fingerprint density at radius 2 is 1.90 bits per heavy atom. The number of carbonyl (C=O) groups excluding carboxylic acids is 2. The van der Waals surface area contributed by atoms with Crippen molar-refractivity contribution in [1.82, 2.24) is 9.66 Å². The van der Waals surface area contributed by atoms with Crippen molar-refractivity contribution < 1.29 is 9.59 Å². The van der Waals surface area contributed by atoms with Crippen LogP contribution in [0.15, 0.2) is 53.3 Å². The summed E-state index contributed by atoms with van der Waals surface area (Å²) in [6.45, 7) is 3.16. The lowest BCUT2D eigenvalue weighted by Gasteiger charge is -2.18. The molecule has 0 bridgehead atoms. The second kappa shape index (κ2) is 8.28. The normalized spacial score (nSPS) is 10.6. The van der Waals surface area contributed by atoms with E-state index in [-0.39, 0.29) is 22.7 Å². The van der Waals surface area contributed by atoms with Crippen molar-refractivity contribution in [2.75, 3.05) is 5.43 Å². The van der Waals surface area contributed by atoms with Gasteiger partial charge in [-0.3, -0.25) is 19.8 Å². The second-order valence-corrected chi connectivity index (χ2v) is 6.81. The molecule has 3 rings (SSSR count). The molecule has 0 aliphatic heterocycles. The Morgan fingerprint density at radius 3 is 2.52 bits per heavy atom. The van der Waals surface area contributed by atoms with E-state index in [0.29, 0.717) is 28.4 Å². The van der Waals surface area contributed by atoms with Crippen LogP contribution < -0.4 is 16.7 Å². The lowest BCUT2D eigenvalue weighted by atomic mass is 10.1. The highest BCUT2D eigenvalue weighted by Gasteiger charge is 2.21. The molecule has 3 aromatic rings. The van der Waals surface area contributed by atoms with Crippen LogP contribution in [-0.4, -0.2) is 21.4 Å². The largest absolute Gasteiger partial charge is 0.366 e. The van der Waals surface area contributed by atoms with E-state index in [0.717, 1.165) is 4.68 Å². The average molecular weight is 411 g/mol. The maximum atomic E-state index is 13.0. The number of Topliss-reactive ketones (excluding diaryl/α,β-unsaturated/α-hetero) is 1. The molecule has 0 saturated carbocycles. The summed E-state index contributed by atoms with van der Waals surface area (Å²) in [4.78, 5) is 41.4. The third kappa shape index (κ3) is 4.20. The van der Waals surface area contributed by atoms with Crippen LogP contribution in [-0.2, 0) is 6.42 Å². The van der Waals surface area contributed by atoms with Crippen LogP contribution >= 0.6 is 11.6 Å². The monoisotopic (exact) mass is 410 g/mol. The fourth-order valence-electron chi connectivity index (χ4n) is 2.94. The number of hydrogen-bond donors (Lipinski definition) is 2.